The number of carboxylic acid groups (broad SMARTS) is 3. The number of nitrogens with zero attached hydrogens (tertiary/aromatic N) is 6. The zero-order valence-electron chi connectivity index (χ0n) is 21.2. The molecule has 0 unspecified atom stereocenters. The Labute approximate surface area is 232 Å². The molecule has 15 heteroatoms. The number of aromatic carboxylic acids is 3. The van der Waals surface area contributed by atoms with Crippen molar-refractivity contribution in [2.24, 2.45) is 0 Å². The molecule has 0 spiro atoms. The van der Waals surface area contributed by atoms with Gasteiger partial charge in [0.2, 0.25) is 0 Å². The number of aryl methyl sites for hydroxylation is 1. The molecule has 0 amide bonds. The Kier molecular flexibility index (Phi) is 6.77. The number of benzene rings is 3. The van der Waals surface area contributed by atoms with Gasteiger partial charge in [-0.1, -0.05) is 22.6 Å². The summed E-state index contributed by atoms with van der Waals surface area (Å²) < 4.78 is 42.9. The van der Waals surface area contributed by atoms with Gasteiger partial charge in [0.15, 0.2) is 0 Å². The summed E-state index contributed by atoms with van der Waals surface area (Å²) in [5.41, 5.74) is -0.493. The molecule has 0 atom stereocenters. The SMILES string of the molecule is Cc1cc(-c2cn(-c3cc(C(=O)O)cc(-n4cc(-c5ccc(C(=O)O)c(C(F)(F)F)c5)nn4)c3)nn2)ccc1C(=O)O. The predicted octanol–water partition coefficient (Wildman–Crippen LogP) is 4.60. The van der Waals surface area contributed by atoms with E-state index in [1.165, 1.54) is 41.3 Å². The van der Waals surface area contributed by atoms with Gasteiger partial charge in [-0.15, -0.1) is 10.2 Å². The third-order valence-electron chi connectivity index (χ3n) is 6.27. The van der Waals surface area contributed by atoms with Gasteiger partial charge in [0.25, 0.3) is 0 Å². The van der Waals surface area contributed by atoms with Crippen molar-refractivity contribution in [3.63, 3.8) is 0 Å². The van der Waals surface area contributed by atoms with Gasteiger partial charge in [-0.05, 0) is 55.0 Å². The molecule has 0 aliphatic heterocycles. The van der Waals surface area contributed by atoms with Crippen LogP contribution in [0, 0.1) is 6.92 Å². The fourth-order valence-corrected chi connectivity index (χ4v) is 4.22. The minimum absolute atomic E-state index is 0.0251. The van der Waals surface area contributed by atoms with E-state index in [9.17, 15) is 37.8 Å². The number of carboxylic acids is 3. The maximum atomic E-state index is 13.5. The lowest BCUT2D eigenvalue weighted by molar-refractivity contribution is -0.138. The van der Waals surface area contributed by atoms with Crippen LogP contribution in [0.4, 0.5) is 13.2 Å². The molecule has 2 heterocycles. The van der Waals surface area contributed by atoms with Crippen LogP contribution in [-0.4, -0.2) is 63.2 Å². The fraction of sp³-hybridized carbons (Fsp3) is 0.0741. The number of rotatable bonds is 7. The van der Waals surface area contributed by atoms with E-state index < -0.39 is 35.2 Å². The van der Waals surface area contributed by atoms with Gasteiger partial charge in [0.1, 0.15) is 11.4 Å². The van der Waals surface area contributed by atoms with Gasteiger partial charge in [-0.25, -0.2) is 23.7 Å². The number of hydrogen-bond donors (Lipinski definition) is 3. The highest BCUT2D eigenvalue weighted by Crippen LogP contribution is 2.35. The van der Waals surface area contributed by atoms with Crippen molar-refractivity contribution in [1.29, 1.82) is 0 Å². The summed E-state index contributed by atoms with van der Waals surface area (Å²) in [6.07, 6.45) is -2.16. The fourth-order valence-electron chi connectivity index (χ4n) is 4.22. The summed E-state index contributed by atoms with van der Waals surface area (Å²) in [4.78, 5) is 34.4. The Morgan fingerprint density at radius 3 is 1.64 bits per heavy atom. The second kappa shape index (κ2) is 10.3. The summed E-state index contributed by atoms with van der Waals surface area (Å²) in [5, 5.41) is 44.0. The second-order valence-corrected chi connectivity index (χ2v) is 9.04. The zero-order chi connectivity index (χ0) is 30.3. The molecular weight excluding hydrogens is 561 g/mol. The topological polar surface area (TPSA) is 173 Å². The quantitative estimate of drug-likeness (QED) is 0.248. The summed E-state index contributed by atoms with van der Waals surface area (Å²) in [7, 11) is 0. The van der Waals surface area contributed by atoms with Crippen molar-refractivity contribution >= 4 is 17.9 Å². The molecule has 212 valence electrons. The number of alkyl halides is 3. The van der Waals surface area contributed by atoms with Crippen LogP contribution in [0.25, 0.3) is 33.9 Å². The van der Waals surface area contributed by atoms with Gasteiger partial charge < -0.3 is 15.3 Å². The first-order valence-electron chi connectivity index (χ1n) is 11.8. The van der Waals surface area contributed by atoms with Crippen molar-refractivity contribution in [3.05, 3.63) is 94.8 Å². The van der Waals surface area contributed by atoms with Crippen LogP contribution < -0.4 is 0 Å². The molecule has 2 aromatic heterocycles. The van der Waals surface area contributed by atoms with E-state index >= 15 is 0 Å². The average molecular weight is 578 g/mol. The van der Waals surface area contributed by atoms with Crippen molar-refractivity contribution in [2.45, 2.75) is 13.1 Å². The maximum absolute atomic E-state index is 13.5. The van der Waals surface area contributed by atoms with E-state index in [4.69, 9.17) is 5.11 Å². The van der Waals surface area contributed by atoms with Crippen molar-refractivity contribution in [2.75, 3.05) is 0 Å². The maximum Gasteiger partial charge on any atom is 0.417 e. The molecular formula is C27H17F3N6O6. The minimum atomic E-state index is -4.93. The third kappa shape index (κ3) is 5.30. The first kappa shape index (κ1) is 27.7. The summed E-state index contributed by atoms with van der Waals surface area (Å²) in [6.45, 7) is 1.64. The molecule has 0 fully saturated rings. The summed E-state index contributed by atoms with van der Waals surface area (Å²) in [6, 6.07) is 11.3. The summed E-state index contributed by atoms with van der Waals surface area (Å²) >= 11 is 0. The van der Waals surface area contributed by atoms with Crippen molar-refractivity contribution < 1.29 is 42.9 Å². The van der Waals surface area contributed by atoms with Crippen LogP contribution in [0.15, 0.2) is 67.0 Å². The normalized spacial score (nSPS) is 11.4. The largest absolute Gasteiger partial charge is 0.478 e. The molecule has 0 bridgehead atoms. The average Bonchev–Trinajstić information content (AvgIpc) is 3.62. The molecule has 0 radical (unpaired) electrons. The molecule has 42 heavy (non-hydrogen) atoms. The lowest BCUT2D eigenvalue weighted by Gasteiger charge is -2.11. The van der Waals surface area contributed by atoms with Crippen LogP contribution in [0.1, 0.15) is 42.2 Å². The predicted molar refractivity (Wildman–Crippen MR) is 138 cm³/mol. The molecule has 0 saturated heterocycles. The van der Waals surface area contributed by atoms with E-state index in [1.54, 1.807) is 19.1 Å². The minimum Gasteiger partial charge on any atom is -0.478 e. The number of carbonyl (C=O) groups is 3. The Bertz CT molecular complexity index is 1900. The monoisotopic (exact) mass is 578 g/mol. The molecule has 0 aliphatic carbocycles. The van der Waals surface area contributed by atoms with E-state index in [1.807, 2.05) is 0 Å². The highest BCUT2D eigenvalue weighted by molar-refractivity contribution is 5.91. The lowest BCUT2D eigenvalue weighted by Crippen LogP contribution is -2.13. The van der Waals surface area contributed by atoms with Gasteiger partial charge in [-0.3, -0.25) is 0 Å². The molecule has 5 rings (SSSR count). The first-order valence-corrected chi connectivity index (χ1v) is 11.8. The number of hydrogen-bond acceptors (Lipinski definition) is 7. The van der Waals surface area contributed by atoms with Crippen LogP contribution >= 0.6 is 0 Å². The number of aromatic nitrogens is 6. The number of halogens is 3. The second-order valence-electron chi connectivity index (χ2n) is 9.04. The standard InChI is InChI=1S/C27H17F3N6O6/c1-13-6-14(2-4-19(13)25(39)40)22-11-35(33-31-22)17-7-16(24(37)38)8-18(10-17)36-12-23(32-34-36)15-3-5-20(26(41)42)21(9-15)27(28,29)30/h2-12H,1H3,(H,37,38)(H,39,40)(H,41,42). The smallest absolute Gasteiger partial charge is 0.417 e. The Hall–Kier alpha value is -5.86. The molecule has 3 aromatic carbocycles. The first-order chi connectivity index (χ1) is 19.8. The Morgan fingerprint density at radius 1 is 0.690 bits per heavy atom. The van der Waals surface area contributed by atoms with E-state index in [0.29, 0.717) is 22.9 Å². The van der Waals surface area contributed by atoms with Crippen molar-refractivity contribution in [1.82, 2.24) is 30.0 Å². The summed E-state index contributed by atoms with van der Waals surface area (Å²) in [5.74, 6) is -4.09. The van der Waals surface area contributed by atoms with Gasteiger partial charge in [0.05, 0.1) is 46.0 Å². The lowest BCUT2D eigenvalue weighted by atomic mass is 10.0. The zero-order valence-corrected chi connectivity index (χ0v) is 21.2. The Balaban J connectivity index is 1.52. The van der Waals surface area contributed by atoms with Gasteiger partial charge in [-0.2, -0.15) is 13.2 Å². The molecule has 3 N–H and O–H groups in total. The van der Waals surface area contributed by atoms with Gasteiger partial charge in [0, 0.05) is 11.1 Å². The van der Waals surface area contributed by atoms with E-state index in [2.05, 4.69) is 20.6 Å². The van der Waals surface area contributed by atoms with E-state index in [0.717, 1.165) is 16.8 Å². The van der Waals surface area contributed by atoms with E-state index in [-0.39, 0.29) is 33.8 Å². The molecule has 5 aromatic rings. The van der Waals surface area contributed by atoms with Crippen LogP contribution in [0.5, 0.6) is 0 Å². The van der Waals surface area contributed by atoms with Gasteiger partial charge >= 0.3 is 24.1 Å². The van der Waals surface area contributed by atoms with Crippen LogP contribution in [0.3, 0.4) is 0 Å². The van der Waals surface area contributed by atoms with Crippen LogP contribution in [0.2, 0.25) is 0 Å². The highest BCUT2D eigenvalue weighted by atomic mass is 19.4. The third-order valence-corrected chi connectivity index (χ3v) is 6.27. The molecule has 0 saturated carbocycles. The molecule has 12 nitrogen and oxygen atoms in total. The van der Waals surface area contributed by atoms with Crippen molar-refractivity contribution in [3.8, 4) is 33.9 Å². The van der Waals surface area contributed by atoms with Crippen LogP contribution in [-0.2, 0) is 6.18 Å². The highest BCUT2D eigenvalue weighted by Gasteiger charge is 2.35. The molecule has 0 aliphatic rings. The Morgan fingerprint density at radius 2 is 1.19 bits per heavy atom.